The molecule has 1 aromatic carbocycles. The third kappa shape index (κ3) is 4.37. The monoisotopic (exact) mass is 401 g/mol. The quantitative estimate of drug-likeness (QED) is 0.591. The smallest absolute Gasteiger partial charge is 0.250 e. The molecule has 2 heterocycles. The lowest BCUT2D eigenvalue weighted by atomic mass is 10.1. The summed E-state index contributed by atoms with van der Waals surface area (Å²) in [6, 6.07) is 10.8. The average Bonchev–Trinajstić information content (AvgIpc) is 3.29. The largest absolute Gasteiger partial charge is 0.366 e. The first-order chi connectivity index (χ1) is 13.0. The van der Waals surface area contributed by atoms with Gasteiger partial charge in [0.1, 0.15) is 0 Å². The summed E-state index contributed by atoms with van der Waals surface area (Å²) in [5, 5.41) is 13.9. The summed E-state index contributed by atoms with van der Waals surface area (Å²) in [6.45, 7) is 4.10. The predicted molar refractivity (Wildman–Crippen MR) is 108 cm³/mol. The highest BCUT2D eigenvalue weighted by Gasteiger charge is 2.19. The maximum absolute atomic E-state index is 12.3. The number of carbonyl (C=O) groups excluding carboxylic acids is 2. The molecule has 0 atom stereocenters. The molecule has 0 aliphatic carbocycles. The van der Waals surface area contributed by atoms with Crippen LogP contribution in [0.2, 0.25) is 0 Å². The van der Waals surface area contributed by atoms with Gasteiger partial charge in [-0.2, -0.15) is 0 Å². The maximum Gasteiger partial charge on any atom is 0.250 e. The van der Waals surface area contributed by atoms with Crippen LogP contribution in [0.3, 0.4) is 0 Å². The molecule has 0 aliphatic heterocycles. The fourth-order valence-electron chi connectivity index (χ4n) is 2.54. The number of anilines is 1. The van der Waals surface area contributed by atoms with Crippen molar-refractivity contribution in [3.63, 3.8) is 0 Å². The number of primary amides is 1. The van der Waals surface area contributed by atoms with Gasteiger partial charge in [0.05, 0.1) is 21.9 Å². The van der Waals surface area contributed by atoms with E-state index in [1.807, 2.05) is 35.9 Å². The van der Waals surface area contributed by atoms with Crippen molar-refractivity contribution in [1.82, 2.24) is 14.8 Å². The minimum atomic E-state index is -0.585. The van der Waals surface area contributed by atoms with E-state index in [1.54, 1.807) is 35.6 Å². The van der Waals surface area contributed by atoms with Gasteiger partial charge in [-0.05, 0) is 37.4 Å². The Morgan fingerprint density at radius 2 is 2.00 bits per heavy atom. The summed E-state index contributed by atoms with van der Waals surface area (Å²) in [7, 11) is 0. The van der Waals surface area contributed by atoms with Crippen LogP contribution in [0.5, 0.6) is 0 Å². The van der Waals surface area contributed by atoms with Crippen molar-refractivity contribution in [2.24, 2.45) is 5.73 Å². The molecule has 0 saturated heterocycles. The van der Waals surface area contributed by atoms with E-state index in [0.717, 1.165) is 10.7 Å². The molecule has 0 aliphatic rings. The lowest BCUT2D eigenvalue weighted by Crippen LogP contribution is -2.19. The maximum atomic E-state index is 12.3. The van der Waals surface area contributed by atoms with Gasteiger partial charge in [-0.1, -0.05) is 30.0 Å². The molecule has 0 unspecified atom stereocenters. The molecular formula is C18H19N5O2S2. The minimum Gasteiger partial charge on any atom is -0.366 e. The number of nitrogens with zero attached hydrogens (tertiary/aromatic N) is 3. The van der Waals surface area contributed by atoms with E-state index in [1.165, 1.54) is 11.8 Å². The number of para-hydroxylation sites is 1. The Labute approximate surface area is 165 Å². The van der Waals surface area contributed by atoms with Gasteiger partial charge in [-0.3, -0.25) is 14.2 Å². The lowest BCUT2D eigenvalue weighted by molar-refractivity contribution is -0.113. The first kappa shape index (κ1) is 19.1. The zero-order chi connectivity index (χ0) is 19.4. The highest BCUT2D eigenvalue weighted by molar-refractivity contribution is 7.99. The van der Waals surface area contributed by atoms with Crippen LogP contribution in [0.15, 0.2) is 46.9 Å². The number of carbonyl (C=O) groups is 2. The molecule has 0 spiro atoms. The number of nitrogens with one attached hydrogen (secondary N) is 1. The SMILES string of the molecule is CC(C)n1c(SCC(=O)Nc2ccccc2C(N)=O)nnc1-c1cccs1. The third-order valence-corrected chi connectivity index (χ3v) is 5.53. The zero-order valence-corrected chi connectivity index (χ0v) is 16.5. The van der Waals surface area contributed by atoms with E-state index in [2.05, 4.69) is 15.5 Å². The van der Waals surface area contributed by atoms with Crippen molar-refractivity contribution in [3.8, 4) is 10.7 Å². The van der Waals surface area contributed by atoms with E-state index in [4.69, 9.17) is 5.73 Å². The minimum absolute atomic E-state index is 0.141. The zero-order valence-electron chi connectivity index (χ0n) is 14.9. The van der Waals surface area contributed by atoms with Gasteiger partial charge in [0, 0.05) is 6.04 Å². The summed E-state index contributed by atoms with van der Waals surface area (Å²) >= 11 is 2.90. The Bertz CT molecular complexity index is 951. The Hall–Kier alpha value is -2.65. The van der Waals surface area contributed by atoms with Crippen LogP contribution >= 0.6 is 23.1 Å². The van der Waals surface area contributed by atoms with Crippen LogP contribution in [0, 0.1) is 0 Å². The van der Waals surface area contributed by atoms with Gasteiger partial charge in [-0.25, -0.2) is 0 Å². The van der Waals surface area contributed by atoms with E-state index in [-0.39, 0.29) is 23.3 Å². The number of thiophene rings is 1. The molecule has 27 heavy (non-hydrogen) atoms. The van der Waals surface area contributed by atoms with Crippen molar-refractivity contribution >= 4 is 40.6 Å². The summed E-state index contributed by atoms with van der Waals surface area (Å²) in [6.07, 6.45) is 0. The molecule has 3 rings (SSSR count). The van der Waals surface area contributed by atoms with Crippen LogP contribution < -0.4 is 11.1 Å². The van der Waals surface area contributed by atoms with Gasteiger partial charge in [0.15, 0.2) is 11.0 Å². The summed E-state index contributed by atoms with van der Waals surface area (Å²) in [5.74, 6) is 0.105. The molecule has 140 valence electrons. The van der Waals surface area contributed by atoms with E-state index < -0.39 is 5.91 Å². The van der Waals surface area contributed by atoms with Crippen LogP contribution in [0.1, 0.15) is 30.2 Å². The molecule has 2 amide bonds. The van der Waals surface area contributed by atoms with Crippen LogP contribution in [-0.2, 0) is 4.79 Å². The number of nitrogens with two attached hydrogens (primary N) is 1. The normalized spacial score (nSPS) is 10.9. The number of aromatic nitrogens is 3. The van der Waals surface area contributed by atoms with Crippen molar-refractivity contribution in [2.75, 3.05) is 11.1 Å². The van der Waals surface area contributed by atoms with Crippen molar-refractivity contribution < 1.29 is 9.59 Å². The molecule has 7 nitrogen and oxygen atoms in total. The molecule has 0 bridgehead atoms. The van der Waals surface area contributed by atoms with Crippen molar-refractivity contribution in [3.05, 3.63) is 47.3 Å². The number of hydrogen-bond donors (Lipinski definition) is 2. The van der Waals surface area contributed by atoms with Gasteiger partial charge in [0.2, 0.25) is 5.91 Å². The number of rotatable bonds is 7. The average molecular weight is 402 g/mol. The Balaban J connectivity index is 1.72. The molecule has 9 heteroatoms. The Kier molecular flexibility index (Phi) is 5.92. The van der Waals surface area contributed by atoms with Gasteiger partial charge in [0.25, 0.3) is 5.91 Å². The summed E-state index contributed by atoms with van der Waals surface area (Å²) in [5.41, 5.74) is 6.02. The molecule has 2 aromatic heterocycles. The first-order valence-corrected chi connectivity index (χ1v) is 10.1. The molecular weight excluding hydrogens is 382 g/mol. The molecule has 0 radical (unpaired) electrons. The molecule has 0 saturated carbocycles. The second-order valence-corrected chi connectivity index (χ2v) is 7.88. The van der Waals surface area contributed by atoms with E-state index >= 15 is 0 Å². The fourth-order valence-corrected chi connectivity index (χ4v) is 4.11. The standard InChI is InChI=1S/C18H19N5O2S2/c1-11(2)23-17(14-8-5-9-26-14)21-22-18(23)27-10-15(24)20-13-7-4-3-6-12(13)16(19)25/h3-9,11H,10H2,1-2H3,(H2,19,25)(H,20,24). The van der Waals surface area contributed by atoms with Crippen LogP contribution in [0.25, 0.3) is 10.7 Å². The van der Waals surface area contributed by atoms with Gasteiger partial charge >= 0.3 is 0 Å². The van der Waals surface area contributed by atoms with Crippen molar-refractivity contribution in [2.45, 2.75) is 25.0 Å². The first-order valence-electron chi connectivity index (χ1n) is 8.27. The molecule has 0 fully saturated rings. The van der Waals surface area contributed by atoms with Crippen molar-refractivity contribution in [1.29, 1.82) is 0 Å². The Morgan fingerprint density at radius 1 is 1.22 bits per heavy atom. The van der Waals surface area contributed by atoms with Crippen LogP contribution in [-0.4, -0.2) is 32.3 Å². The van der Waals surface area contributed by atoms with Crippen LogP contribution in [0.4, 0.5) is 5.69 Å². The fraction of sp³-hybridized carbons (Fsp3) is 0.222. The number of thioether (sulfide) groups is 1. The summed E-state index contributed by atoms with van der Waals surface area (Å²) < 4.78 is 2.02. The predicted octanol–water partition coefficient (Wildman–Crippen LogP) is 3.42. The van der Waals surface area contributed by atoms with Gasteiger partial charge in [-0.15, -0.1) is 21.5 Å². The van der Waals surface area contributed by atoms with E-state index in [9.17, 15) is 9.59 Å². The lowest BCUT2D eigenvalue weighted by Gasteiger charge is -2.13. The third-order valence-electron chi connectivity index (χ3n) is 3.72. The highest BCUT2D eigenvalue weighted by Crippen LogP contribution is 2.30. The second kappa shape index (κ2) is 8.36. The topological polar surface area (TPSA) is 103 Å². The molecule has 3 N–H and O–H groups in total. The van der Waals surface area contributed by atoms with Gasteiger partial charge < -0.3 is 11.1 Å². The number of amides is 2. The van der Waals surface area contributed by atoms with E-state index in [0.29, 0.717) is 10.8 Å². The highest BCUT2D eigenvalue weighted by atomic mass is 32.2. The number of benzene rings is 1. The second-order valence-electron chi connectivity index (χ2n) is 5.99. The summed E-state index contributed by atoms with van der Waals surface area (Å²) in [4.78, 5) is 24.8. The Morgan fingerprint density at radius 3 is 2.67 bits per heavy atom. The number of hydrogen-bond acceptors (Lipinski definition) is 6. The molecule has 3 aromatic rings.